The lowest BCUT2D eigenvalue weighted by atomic mass is 9.95. The number of hydrogen-bond donors (Lipinski definition) is 1. The molecule has 11 heteroatoms. The first-order chi connectivity index (χ1) is 16.9. The van der Waals surface area contributed by atoms with Crippen LogP contribution in [0.3, 0.4) is 0 Å². The molecule has 0 saturated carbocycles. The molecule has 3 aromatic rings. The molecule has 5 nitrogen and oxygen atoms in total. The predicted molar refractivity (Wildman–Crippen MR) is 131 cm³/mol. The molecule has 1 aliphatic rings. The quantitative estimate of drug-likeness (QED) is 0.394. The summed E-state index contributed by atoms with van der Waals surface area (Å²) in [5.74, 6) is -3.80. The maximum atomic E-state index is 14.4. The number of anilines is 2. The van der Waals surface area contributed by atoms with Gasteiger partial charge in [-0.25, -0.2) is 4.39 Å². The van der Waals surface area contributed by atoms with Gasteiger partial charge in [-0.15, -0.1) is 0 Å². The summed E-state index contributed by atoms with van der Waals surface area (Å²) in [6.07, 6.45) is -4.37. The number of carbonyl (C=O) groups excluding carboxylic acids is 2. The molecule has 0 unspecified atom stereocenters. The third-order valence-electron chi connectivity index (χ3n) is 6.07. The lowest BCUT2D eigenvalue weighted by Crippen LogP contribution is -2.53. The minimum atomic E-state index is -4.37. The van der Waals surface area contributed by atoms with Crippen LogP contribution in [-0.2, 0) is 0 Å². The van der Waals surface area contributed by atoms with E-state index in [0.717, 1.165) is 11.0 Å². The molecule has 3 aromatic carbocycles. The fourth-order valence-corrected chi connectivity index (χ4v) is 4.46. The van der Waals surface area contributed by atoms with Crippen LogP contribution in [0, 0.1) is 11.7 Å². The van der Waals surface area contributed by atoms with E-state index >= 15 is 0 Å². The Morgan fingerprint density at radius 2 is 1.72 bits per heavy atom. The van der Waals surface area contributed by atoms with Crippen molar-refractivity contribution in [2.24, 2.45) is 11.7 Å². The number of halogens is 6. The third kappa shape index (κ3) is 4.85. The van der Waals surface area contributed by atoms with Gasteiger partial charge in [0.1, 0.15) is 5.82 Å². The minimum Gasteiger partial charge on any atom is -0.368 e. The van der Waals surface area contributed by atoms with Crippen molar-refractivity contribution in [2.45, 2.75) is 6.18 Å². The number of carbonyl (C=O) groups is 2. The van der Waals surface area contributed by atoms with E-state index in [4.69, 9.17) is 28.9 Å². The van der Waals surface area contributed by atoms with Gasteiger partial charge in [-0.3, -0.25) is 9.59 Å². The number of nitrogens with two attached hydrogens (primary N) is 1. The van der Waals surface area contributed by atoms with Crippen LogP contribution in [0.2, 0.25) is 10.0 Å². The number of primary amides is 1. The number of alkyl halides is 3. The highest BCUT2D eigenvalue weighted by molar-refractivity contribution is 6.35. The molecule has 0 aliphatic carbocycles. The van der Waals surface area contributed by atoms with E-state index in [9.17, 15) is 27.2 Å². The van der Waals surface area contributed by atoms with E-state index in [1.54, 1.807) is 12.1 Å². The second-order valence-electron chi connectivity index (χ2n) is 8.37. The Labute approximate surface area is 214 Å². The number of rotatable bonds is 5. The Morgan fingerprint density at radius 1 is 1.03 bits per heavy atom. The van der Waals surface area contributed by atoms with Crippen LogP contribution < -0.4 is 15.5 Å². The minimum absolute atomic E-state index is 0.0962. The van der Waals surface area contributed by atoms with Gasteiger partial charge in [0, 0.05) is 36.3 Å². The predicted octanol–water partition coefficient (Wildman–Crippen LogP) is 6.17. The molecule has 0 aromatic heterocycles. The van der Waals surface area contributed by atoms with Gasteiger partial charge in [0.25, 0.3) is 5.91 Å². The smallest absolute Gasteiger partial charge is 0.368 e. The number of amides is 2. The van der Waals surface area contributed by atoms with Crippen molar-refractivity contribution < 1.29 is 27.2 Å². The highest BCUT2D eigenvalue weighted by Gasteiger charge is 2.47. The molecule has 0 bridgehead atoms. The Kier molecular flexibility index (Phi) is 6.90. The van der Waals surface area contributed by atoms with Crippen molar-refractivity contribution >= 4 is 46.4 Å². The van der Waals surface area contributed by atoms with Crippen molar-refractivity contribution in [1.29, 1.82) is 0 Å². The summed E-state index contributed by atoms with van der Waals surface area (Å²) < 4.78 is 54.0. The maximum Gasteiger partial charge on any atom is 0.395 e. The van der Waals surface area contributed by atoms with E-state index in [-0.39, 0.29) is 39.9 Å². The number of hydrogen-bond acceptors (Lipinski definition) is 3. The van der Waals surface area contributed by atoms with Crippen LogP contribution in [0.5, 0.6) is 0 Å². The zero-order valence-electron chi connectivity index (χ0n) is 18.7. The summed E-state index contributed by atoms with van der Waals surface area (Å²) in [5.41, 5.74) is 6.67. The summed E-state index contributed by atoms with van der Waals surface area (Å²) in [6, 6.07) is 12.9. The largest absolute Gasteiger partial charge is 0.395 e. The van der Waals surface area contributed by atoms with Crippen LogP contribution >= 0.6 is 23.2 Å². The highest BCUT2D eigenvalue weighted by Crippen LogP contribution is 2.43. The number of benzene rings is 3. The lowest BCUT2D eigenvalue weighted by Gasteiger charge is -2.43. The molecule has 0 radical (unpaired) electrons. The second kappa shape index (κ2) is 9.63. The van der Waals surface area contributed by atoms with E-state index < -0.39 is 29.7 Å². The normalized spacial score (nSPS) is 13.9. The van der Waals surface area contributed by atoms with Gasteiger partial charge in [-0.2, -0.15) is 13.2 Å². The molecule has 36 heavy (non-hydrogen) atoms. The summed E-state index contributed by atoms with van der Waals surface area (Å²) in [7, 11) is 1.38. The topological polar surface area (TPSA) is 66.6 Å². The van der Waals surface area contributed by atoms with Crippen LogP contribution in [-0.4, -0.2) is 38.1 Å². The summed E-state index contributed by atoms with van der Waals surface area (Å²) >= 11 is 12.4. The average molecular weight is 540 g/mol. The van der Waals surface area contributed by atoms with E-state index in [1.807, 2.05) is 0 Å². The van der Waals surface area contributed by atoms with E-state index in [0.29, 0.717) is 16.8 Å². The van der Waals surface area contributed by atoms with Crippen LogP contribution in [0.25, 0.3) is 11.1 Å². The molecule has 0 atom stereocenters. The van der Waals surface area contributed by atoms with Crippen molar-refractivity contribution in [3.8, 4) is 11.1 Å². The first-order valence-electron chi connectivity index (χ1n) is 10.7. The van der Waals surface area contributed by atoms with Crippen molar-refractivity contribution in [3.05, 3.63) is 81.6 Å². The first kappa shape index (κ1) is 25.8. The third-order valence-corrected chi connectivity index (χ3v) is 6.71. The lowest BCUT2D eigenvalue weighted by molar-refractivity contribution is -0.180. The zero-order valence-corrected chi connectivity index (χ0v) is 20.3. The first-order valence-corrected chi connectivity index (χ1v) is 11.4. The Balaban J connectivity index is 1.79. The molecule has 1 saturated heterocycles. The second-order valence-corrected chi connectivity index (χ2v) is 9.18. The van der Waals surface area contributed by atoms with Crippen LogP contribution in [0.4, 0.5) is 28.9 Å². The monoisotopic (exact) mass is 539 g/mol. The van der Waals surface area contributed by atoms with Crippen molar-refractivity contribution in [3.63, 3.8) is 0 Å². The zero-order chi connectivity index (χ0) is 26.4. The molecular weight excluding hydrogens is 521 g/mol. The molecule has 1 heterocycles. The van der Waals surface area contributed by atoms with Crippen molar-refractivity contribution in [1.82, 2.24) is 0 Å². The molecule has 0 spiro atoms. The van der Waals surface area contributed by atoms with Crippen molar-refractivity contribution in [2.75, 3.05) is 29.9 Å². The Morgan fingerprint density at radius 3 is 2.33 bits per heavy atom. The Hall–Kier alpha value is -3.30. The fraction of sp³-hybridized carbons (Fsp3) is 0.200. The maximum absolute atomic E-state index is 14.4. The van der Waals surface area contributed by atoms with Gasteiger partial charge < -0.3 is 15.5 Å². The van der Waals surface area contributed by atoms with Gasteiger partial charge in [0.15, 0.2) is 0 Å². The van der Waals surface area contributed by atoms with Crippen LogP contribution in [0.15, 0.2) is 54.6 Å². The Bertz CT molecular complexity index is 1340. The van der Waals surface area contributed by atoms with Gasteiger partial charge in [0.05, 0.1) is 27.9 Å². The molecular formula is C25H19Cl2F4N3O2. The molecule has 2 N–H and O–H groups in total. The van der Waals surface area contributed by atoms with Gasteiger partial charge >= 0.3 is 6.18 Å². The van der Waals surface area contributed by atoms with Gasteiger partial charge in [-0.05, 0) is 48.0 Å². The molecule has 2 amide bonds. The number of nitrogens with zero attached hydrogens (tertiary/aromatic N) is 2. The van der Waals surface area contributed by atoms with Gasteiger partial charge in [-0.1, -0.05) is 35.3 Å². The molecule has 188 valence electrons. The SMILES string of the molecule is CN(C(=O)c1c(F)cccc1Cl)c1ccc(-c2cc(C(N)=O)ccc2Cl)cc1N1CC(C(F)(F)F)C1. The summed E-state index contributed by atoms with van der Waals surface area (Å²) in [4.78, 5) is 27.4. The molecule has 1 fully saturated rings. The summed E-state index contributed by atoms with van der Waals surface area (Å²) in [6.45, 7) is -0.644. The van der Waals surface area contributed by atoms with E-state index in [2.05, 4.69) is 0 Å². The van der Waals surface area contributed by atoms with Crippen LogP contribution in [0.1, 0.15) is 20.7 Å². The molecule has 4 rings (SSSR count). The average Bonchev–Trinajstić information content (AvgIpc) is 2.76. The molecule has 1 aliphatic heterocycles. The standard InChI is InChI=1S/C25H19Cl2F4N3O2/c1-33(24(36)22-18(27)3-2-4-19(22)28)20-8-6-13(16-9-14(23(32)35)5-7-17(16)26)10-21(20)34-11-15(12-34)25(29,30)31/h2-10,15H,11-12H2,1H3,(H2,32,35). The fourth-order valence-electron chi connectivity index (χ4n) is 3.99. The summed E-state index contributed by atoms with van der Waals surface area (Å²) in [5, 5.41) is 0.194. The van der Waals surface area contributed by atoms with E-state index in [1.165, 1.54) is 48.3 Å². The highest BCUT2D eigenvalue weighted by atomic mass is 35.5. The van der Waals surface area contributed by atoms with Gasteiger partial charge in [0.2, 0.25) is 5.91 Å².